The van der Waals surface area contributed by atoms with Crippen molar-refractivity contribution in [1.82, 2.24) is 9.80 Å². The number of methoxy groups -OCH3 is 1. The molecule has 1 aliphatic rings. The van der Waals surface area contributed by atoms with Crippen LogP contribution in [0.1, 0.15) is 24.0 Å². The Labute approximate surface area is 160 Å². The van der Waals surface area contributed by atoms with Crippen LogP contribution < -0.4 is 4.74 Å². The van der Waals surface area contributed by atoms with E-state index in [2.05, 4.69) is 4.90 Å². The number of carbonyl (C=O) groups is 1. The summed E-state index contributed by atoms with van der Waals surface area (Å²) in [6.45, 7) is 2.29. The van der Waals surface area contributed by atoms with Crippen LogP contribution in [0.4, 0.5) is 4.39 Å². The molecule has 3 rings (SSSR count). The topological polar surface area (TPSA) is 32.8 Å². The molecule has 1 heterocycles. The Balaban J connectivity index is 1.59. The molecule has 1 atom stereocenters. The van der Waals surface area contributed by atoms with Crippen LogP contribution in [0.5, 0.6) is 5.75 Å². The molecule has 0 unspecified atom stereocenters. The van der Waals surface area contributed by atoms with E-state index in [1.807, 2.05) is 48.3 Å². The van der Waals surface area contributed by atoms with Crippen molar-refractivity contribution in [3.05, 3.63) is 65.5 Å². The summed E-state index contributed by atoms with van der Waals surface area (Å²) >= 11 is 0. The molecule has 0 N–H and O–H groups in total. The molecule has 1 fully saturated rings. The van der Waals surface area contributed by atoms with E-state index >= 15 is 0 Å². The third kappa shape index (κ3) is 5.07. The van der Waals surface area contributed by atoms with E-state index in [0.29, 0.717) is 18.5 Å². The van der Waals surface area contributed by atoms with Gasteiger partial charge in [-0.1, -0.05) is 30.3 Å². The van der Waals surface area contributed by atoms with Crippen LogP contribution in [-0.4, -0.2) is 49.0 Å². The molecule has 1 saturated heterocycles. The summed E-state index contributed by atoms with van der Waals surface area (Å²) in [4.78, 5) is 16.8. The number of piperidine rings is 1. The van der Waals surface area contributed by atoms with E-state index < -0.39 is 0 Å². The Bertz CT molecular complexity index is 780. The highest BCUT2D eigenvalue weighted by Crippen LogP contribution is 2.20. The number of nitrogens with zero attached hydrogens (tertiary/aromatic N) is 2. The maximum absolute atomic E-state index is 13.9. The molecule has 2 aromatic carbocycles. The van der Waals surface area contributed by atoms with Gasteiger partial charge in [0.25, 0.3) is 0 Å². The molecule has 0 spiro atoms. The summed E-state index contributed by atoms with van der Waals surface area (Å²) in [7, 11) is 3.50. The van der Waals surface area contributed by atoms with Crippen molar-refractivity contribution in [3.63, 3.8) is 0 Å². The Kier molecular flexibility index (Phi) is 6.45. The van der Waals surface area contributed by atoms with Gasteiger partial charge in [0.15, 0.2) is 0 Å². The largest absolute Gasteiger partial charge is 0.497 e. The zero-order valence-electron chi connectivity index (χ0n) is 16.0. The molecular formula is C22H27FN2O2. The van der Waals surface area contributed by atoms with Gasteiger partial charge >= 0.3 is 0 Å². The molecule has 4 nitrogen and oxygen atoms in total. The smallest absolute Gasteiger partial charge is 0.227 e. The molecule has 5 heteroatoms. The fraction of sp³-hybridized carbons (Fsp3) is 0.409. The Morgan fingerprint density at radius 2 is 2.07 bits per heavy atom. The molecule has 27 heavy (non-hydrogen) atoms. The fourth-order valence-corrected chi connectivity index (χ4v) is 3.64. The maximum atomic E-state index is 13.9. The quantitative estimate of drug-likeness (QED) is 0.780. The molecule has 0 bridgehead atoms. The van der Waals surface area contributed by atoms with E-state index in [1.54, 1.807) is 13.2 Å². The van der Waals surface area contributed by atoms with Crippen LogP contribution in [-0.2, 0) is 17.8 Å². The summed E-state index contributed by atoms with van der Waals surface area (Å²) in [6, 6.07) is 14.7. The van der Waals surface area contributed by atoms with Crippen molar-refractivity contribution >= 4 is 5.91 Å². The van der Waals surface area contributed by atoms with Crippen molar-refractivity contribution in [1.29, 1.82) is 0 Å². The van der Waals surface area contributed by atoms with E-state index in [4.69, 9.17) is 4.74 Å². The zero-order chi connectivity index (χ0) is 19.2. The second-order valence-electron chi connectivity index (χ2n) is 7.16. The lowest BCUT2D eigenvalue weighted by Gasteiger charge is -2.37. The second kappa shape index (κ2) is 9.00. The van der Waals surface area contributed by atoms with Crippen LogP contribution in [0.3, 0.4) is 0 Å². The van der Waals surface area contributed by atoms with Crippen molar-refractivity contribution in [2.75, 3.05) is 27.2 Å². The predicted molar refractivity (Wildman–Crippen MR) is 104 cm³/mol. The van der Waals surface area contributed by atoms with Crippen LogP contribution in [0.2, 0.25) is 0 Å². The number of carbonyl (C=O) groups excluding carboxylic acids is 1. The van der Waals surface area contributed by atoms with Gasteiger partial charge in [-0.3, -0.25) is 9.69 Å². The van der Waals surface area contributed by atoms with Crippen molar-refractivity contribution < 1.29 is 13.9 Å². The molecule has 0 aliphatic carbocycles. The zero-order valence-corrected chi connectivity index (χ0v) is 16.0. The lowest BCUT2D eigenvalue weighted by atomic mass is 10.0. The number of likely N-dealkylation sites (N-methyl/N-ethyl adjacent to an activating group) is 1. The number of amides is 1. The van der Waals surface area contributed by atoms with Crippen LogP contribution in [0.15, 0.2) is 48.5 Å². The van der Waals surface area contributed by atoms with Gasteiger partial charge < -0.3 is 9.64 Å². The third-order valence-electron chi connectivity index (χ3n) is 5.26. The van der Waals surface area contributed by atoms with Crippen LogP contribution >= 0.6 is 0 Å². The lowest BCUT2D eigenvalue weighted by Crippen LogP contribution is -2.48. The number of hydrogen-bond donors (Lipinski definition) is 0. The SMILES string of the molecule is COc1cccc(CC(=O)N(C)[C@H]2CCCN(Cc3ccccc3F)C2)c1. The van der Waals surface area contributed by atoms with E-state index in [-0.39, 0.29) is 17.8 Å². The fourth-order valence-electron chi connectivity index (χ4n) is 3.64. The standard InChI is InChI=1S/C22H27FN2O2/c1-24(22(26)14-17-7-5-10-20(13-17)27-2)19-9-6-12-25(16-19)15-18-8-3-4-11-21(18)23/h3-5,7-8,10-11,13,19H,6,9,12,14-16H2,1-2H3/t19-/m0/s1. The number of rotatable bonds is 6. The summed E-state index contributed by atoms with van der Waals surface area (Å²) in [5.41, 5.74) is 1.66. The van der Waals surface area contributed by atoms with Gasteiger partial charge in [-0.25, -0.2) is 4.39 Å². The van der Waals surface area contributed by atoms with E-state index in [0.717, 1.165) is 37.2 Å². The predicted octanol–water partition coefficient (Wildman–Crippen LogP) is 3.50. The highest BCUT2D eigenvalue weighted by atomic mass is 19.1. The van der Waals surface area contributed by atoms with Crippen LogP contribution in [0.25, 0.3) is 0 Å². The molecule has 0 aromatic heterocycles. The number of hydrogen-bond acceptors (Lipinski definition) is 3. The molecule has 2 aromatic rings. The Hall–Kier alpha value is -2.40. The monoisotopic (exact) mass is 370 g/mol. The maximum Gasteiger partial charge on any atom is 0.227 e. The van der Waals surface area contributed by atoms with Gasteiger partial charge in [-0.15, -0.1) is 0 Å². The third-order valence-corrected chi connectivity index (χ3v) is 5.26. The summed E-state index contributed by atoms with van der Waals surface area (Å²) < 4.78 is 19.2. The molecule has 1 aliphatic heterocycles. The number of likely N-dealkylation sites (tertiary alicyclic amines) is 1. The van der Waals surface area contributed by atoms with Gasteiger partial charge in [0.2, 0.25) is 5.91 Å². The normalized spacial score (nSPS) is 17.5. The lowest BCUT2D eigenvalue weighted by molar-refractivity contribution is -0.132. The van der Waals surface area contributed by atoms with Gasteiger partial charge in [0.1, 0.15) is 11.6 Å². The highest BCUT2D eigenvalue weighted by Gasteiger charge is 2.26. The van der Waals surface area contributed by atoms with Gasteiger partial charge in [0, 0.05) is 31.7 Å². The molecule has 1 amide bonds. The first kappa shape index (κ1) is 19.4. The first-order chi connectivity index (χ1) is 13.1. The van der Waals surface area contributed by atoms with Crippen molar-refractivity contribution in [2.24, 2.45) is 0 Å². The minimum Gasteiger partial charge on any atom is -0.497 e. The minimum absolute atomic E-state index is 0.0981. The summed E-state index contributed by atoms with van der Waals surface area (Å²) in [5.74, 6) is 0.694. The first-order valence-electron chi connectivity index (χ1n) is 9.41. The Morgan fingerprint density at radius 3 is 2.85 bits per heavy atom. The number of ether oxygens (including phenoxy) is 1. The van der Waals surface area contributed by atoms with Gasteiger partial charge in [0.05, 0.1) is 13.5 Å². The Morgan fingerprint density at radius 1 is 1.26 bits per heavy atom. The number of halogens is 1. The number of benzene rings is 2. The first-order valence-corrected chi connectivity index (χ1v) is 9.41. The van der Waals surface area contributed by atoms with E-state index in [9.17, 15) is 9.18 Å². The molecular weight excluding hydrogens is 343 g/mol. The van der Waals surface area contributed by atoms with Gasteiger partial charge in [-0.2, -0.15) is 0 Å². The summed E-state index contributed by atoms with van der Waals surface area (Å²) in [6.07, 6.45) is 2.35. The van der Waals surface area contributed by atoms with Gasteiger partial charge in [-0.05, 0) is 43.1 Å². The molecule has 0 saturated carbocycles. The van der Waals surface area contributed by atoms with E-state index in [1.165, 1.54) is 6.07 Å². The second-order valence-corrected chi connectivity index (χ2v) is 7.16. The molecule has 144 valence electrons. The minimum atomic E-state index is -0.165. The van der Waals surface area contributed by atoms with Crippen molar-refractivity contribution in [3.8, 4) is 5.75 Å². The van der Waals surface area contributed by atoms with Crippen molar-refractivity contribution in [2.45, 2.75) is 31.8 Å². The molecule has 0 radical (unpaired) electrons. The average molecular weight is 370 g/mol. The average Bonchev–Trinajstić information content (AvgIpc) is 2.69. The summed E-state index contributed by atoms with van der Waals surface area (Å²) in [5, 5.41) is 0. The highest BCUT2D eigenvalue weighted by molar-refractivity contribution is 5.79. The van der Waals surface area contributed by atoms with Crippen LogP contribution in [0, 0.1) is 5.82 Å².